The van der Waals surface area contributed by atoms with E-state index in [1.165, 1.54) is 26.8 Å². The van der Waals surface area contributed by atoms with E-state index >= 15 is 0 Å². The van der Waals surface area contributed by atoms with Crippen LogP contribution in [0, 0.1) is 19.8 Å². The Kier molecular flexibility index (Phi) is 12.8. The molecule has 48 heavy (non-hydrogen) atoms. The van der Waals surface area contributed by atoms with Crippen LogP contribution in [0.3, 0.4) is 0 Å². The lowest BCUT2D eigenvalue weighted by atomic mass is 10.0. The summed E-state index contributed by atoms with van der Waals surface area (Å²) in [5.41, 5.74) is 4.01. The number of amides is 5. The highest BCUT2D eigenvalue weighted by Crippen LogP contribution is 2.18. The average molecular weight is 671 g/mol. The number of allylic oxidation sites excluding steroid dienone is 1. The summed E-state index contributed by atoms with van der Waals surface area (Å²) < 4.78 is 10.9. The lowest BCUT2D eigenvalue weighted by molar-refractivity contribution is -0.133. The van der Waals surface area contributed by atoms with Gasteiger partial charge in [-0.05, 0) is 33.6 Å². The van der Waals surface area contributed by atoms with E-state index in [0.717, 1.165) is 0 Å². The lowest BCUT2D eigenvalue weighted by Crippen LogP contribution is -2.50. The number of carbonyl (C=O) groups is 6. The monoisotopic (exact) mass is 670 g/mol. The van der Waals surface area contributed by atoms with Crippen molar-refractivity contribution in [2.24, 2.45) is 11.7 Å². The number of aliphatic carboxylic acids is 1. The molecule has 0 saturated carbocycles. The first kappa shape index (κ1) is 38.3. The zero-order chi connectivity index (χ0) is 36.6. The summed E-state index contributed by atoms with van der Waals surface area (Å²) in [6, 6.07) is -2.42. The van der Waals surface area contributed by atoms with Gasteiger partial charge >= 0.3 is 5.97 Å². The number of nitrogens with zero attached hydrogens (tertiary/aromatic N) is 2. The van der Waals surface area contributed by atoms with Gasteiger partial charge in [-0.3, -0.25) is 24.0 Å². The predicted molar refractivity (Wildman–Crippen MR) is 169 cm³/mol. The summed E-state index contributed by atoms with van der Waals surface area (Å²) in [7, 11) is 0. The fourth-order valence-electron chi connectivity index (χ4n) is 3.69. The molecule has 2 aromatic rings. The SMILES string of the molecule is C=C(NC(=O)c1nc(C(=C)NC(=O)[C@@H](NC(=O)C(=C)NC(=O)c2nc(/C(=C/C)NC(=O)[C@@H](N)[C@@H](C)O)oc2C)C(C)C)oc1C)C(=O)O. The summed E-state index contributed by atoms with van der Waals surface area (Å²) in [4.78, 5) is 82.6. The molecule has 2 heterocycles. The number of aliphatic hydroxyl groups is 1. The highest BCUT2D eigenvalue weighted by molar-refractivity contribution is 6.04. The molecule has 9 N–H and O–H groups in total. The van der Waals surface area contributed by atoms with Gasteiger partial charge in [-0.15, -0.1) is 0 Å². The molecule has 0 aliphatic carbocycles. The van der Waals surface area contributed by atoms with E-state index in [0.29, 0.717) is 0 Å². The largest absolute Gasteiger partial charge is 0.477 e. The van der Waals surface area contributed by atoms with Crippen molar-refractivity contribution in [3.8, 4) is 0 Å². The molecule has 18 nitrogen and oxygen atoms in total. The van der Waals surface area contributed by atoms with Crippen LogP contribution in [0.1, 0.15) is 72.0 Å². The standard InChI is InChI=1S/C30H38N8O10/c1-10-18(35-24(41)19(31)15(7)39)29-38-22(17(9)48-29)26(43)32-12(4)23(40)36-20(11(2)3)25(42)33-13(5)28-37-21(16(8)47-28)27(44)34-14(6)30(45)46/h10-11,15,19-20,39H,4-6,31H2,1-3,7-9H3,(H,32,43)(H,33,42)(H,34,44)(H,35,41)(H,36,40)(H,45,46)/b18-10-/t15-,19+,20+/m1/s1. The maximum Gasteiger partial charge on any atom is 0.351 e. The van der Waals surface area contributed by atoms with Crippen molar-refractivity contribution in [2.75, 3.05) is 0 Å². The van der Waals surface area contributed by atoms with Crippen LogP contribution in [-0.4, -0.2) is 73.9 Å². The molecule has 2 rings (SSSR count). The molecule has 0 bridgehead atoms. The fourth-order valence-corrected chi connectivity index (χ4v) is 3.69. The predicted octanol–water partition coefficient (Wildman–Crippen LogP) is -0.0360. The molecule has 2 aromatic heterocycles. The van der Waals surface area contributed by atoms with Crippen molar-refractivity contribution in [1.29, 1.82) is 0 Å². The third-order valence-corrected chi connectivity index (χ3v) is 6.45. The van der Waals surface area contributed by atoms with Gasteiger partial charge in [0.15, 0.2) is 11.4 Å². The van der Waals surface area contributed by atoms with Gasteiger partial charge < -0.3 is 51.4 Å². The van der Waals surface area contributed by atoms with E-state index in [9.17, 15) is 33.9 Å². The minimum absolute atomic E-state index is 0.00136. The Hall–Kier alpha value is -5.88. The third kappa shape index (κ3) is 9.56. The summed E-state index contributed by atoms with van der Waals surface area (Å²) in [6.07, 6.45) is 0.309. The molecule has 0 fully saturated rings. The fraction of sp³-hybridized carbons (Fsp3) is 0.333. The second kappa shape index (κ2) is 16.1. The normalized spacial score (nSPS) is 13.1. The minimum atomic E-state index is -1.45. The molecule has 0 aliphatic rings. The quantitative estimate of drug-likeness (QED) is 0.116. The topological polar surface area (TPSA) is 281 Å². The molecule has 0 radical (unpaired) electrons. The Bertz CT molecular complexity index is 1700. The van der Waals surface area contributed by atoms with Crippen LogP contribution in [0.15, 0.2) is 46.0 Å². The maximum atomic E-state index is 13.1. The van der Waals surface area contributed by atoms with E-state index in [4.69, 9.17) is 19.7 Å². The number of aliphatic hydroxyl groups excluding tert-OH is 1. The average Bonchev–Trinajstić information content (AvgIpc) is 3.59. The van der Waals surface area contributed by atoms with Gasteiger partial charge in [-0.25, -0.2) is 14.8 Å². The number of nitrogens with two attached hydrogens (primary N) is 1. The number of aromatic nitrogens is 2. The third-order valence-electron chi connectivity index (χ3n) is 6.45. The summed E-state index contributed by atoms with van der Waals surface area (Å²) >= 11 is 0. The van der Waals surface area contributed by atoms with E-state index in [1.807, 2.05) is 5.32 Å². The molecule has 0 aliphatic heterocycles. The summed E-state index contributed by atoms with van der Waals surface area (Å²) in [5, 5.41) is 30.2. The highest BCUT2D eigenvalue weighted by Gasteiger charge is 2.29. The Morgan fingerprint density at radius 2 is 1.31 bits per heavy atom. The first-order chi connectivity index (χ1) is 22.3. The van der Waals surface area contributed by atoms with Crippen molar-refractivity contribution < 1.29 is 47.8 Å². The van der Waals surface area contributed by atoms with Gasteiger partial charge in [-0.2, -0.15) is 0 Å². The molecule has 0 spiro atoms. The molecule has 3 atom stereocenters. The van der Waals surface area contributed by atoms with Gasteiger partial charge in [0, 0.05) is 0 Å². The van der Waals surface area contributed by atoms with Gasteiger partial charge in [0.05, 0.1) is 23.2 Å². The molecule has 258 valence electrons. The van der Waals surface area contributed by atoms with Gasteiger partial charge in [-0.1, -0.05) is 39.7 Å². The Balaban J connectivity index is 2.09. The Labute approximate surface area is 274 Å². The Morgan fingerprint density at radius 3 is 1.79 bits per heavy atom. The minimum Gasteiger partial charge on any atom is -0.477 e. The van der Waals surface area contributed by atoms with Crippen LogP contribution < -0.4 is 32.3 Å². The number of hydrogen-bond donors (Lipinski definition) is 8. The van der Waals surface area contributed by atoms with Gasteiger partial charge in [0.25, 0.3) is 17.7 Å². The number of nitrogens with one attached hydrogen (secondary N) is 5. The number of aryl methyl sites for hydroxylation is 2. The first-order valence-corrected chi connectivity index (χ1v) is 14.2. The van der Waals surface area contributed by atoms with Crippen LogP contribution in [-0.2, 0) is 19.2 Å². The number of rotatable bonds is 15. The number of carbonyl (C=O) groups excluding carboxylic acids is 5. The zero-order valence-corrected chi connectivity index (χ0v) is 27.1. The molecule has 5 amide bonds. The first-order valence-electron chi connectivity index (χ1n) is 14.2. The molecule has 0 aromatic carbocycles. The second-order valence-corrected chi connectivity index (χ2v) is 10.6. The van der Waals surface area contributed by atoms with Crippen molar-refractivity contribution in [3.63, 3.8) is 0 Å². The van der Waals surface area contributed by atoms with Crippen molar-refractivity contribution >= 4 is 46.9 Å². The Morgan fingerprint density at radius 1 is 0.812 bits per heavy atom. The van der Waals surface area contributed by atoms with Crippen LogP contribution in [0.25, 0.3) is 11.4 Å². The van der Waals surface area contributed by atoms with E-state index in [1.54, 1.807) is 20.8 Å². The van der Waals surface area contributed by atoms with Crippen LogP contribution in [0.5, 0.6) is 0 Å². The molecule has 0 unspecified atom stereocenters. The summed E-state index contributed by atoms with van der Waals surface area (Å²) in [5.74, 6) is -6.48. The van der Waals surface area contributed by atoms with Gasteiger partial charge in [0.2, 0.25) is 23.6 Å². The molecule has 18 heteroatoms. The van der Waals surface area contributed by atoms with E-state index < -0.39 is 71.0 Å². The van der Waals surface area contributed by atoms with Crippen LogP contribution >= 0.6 is 0 Å². The van der Waals surface area contributed by atoms with E-state index in [-0.39, 0.29) is 46.1 Å². The van der Waals surface area contributed by atoms with Crippen LogP contribution in [0.4, 0.5) is 0 Å². The lowest BCUT2D eigenvalue weighted by Gasteiger charge is -2.22. The molecular weight excluding hydrogens is 632 g/mol. The zero-order valence-electron chi connectivity index (χ0n) is 27.1. The van der Waals surface area contributed by atoms with Crippen molar-refractivity contribution in [3.05, 3.63) is 71.9 Å². The van der Waals surface area contributed by atoms with E-state index in [2.05, 4.69) is 51.0 Å². The van der Waals surface area contributed by atoms with Gasteiger partial charge in [0.1, 0.15) is 29.3 Å². The highest BCUT2D eigenvalue weighted by atomic mass is 16.4. The number of carboxylic acids is 1. The second-order valence-electron chi connectivity index (χ2n) is 10.6. The molecule has 0 saturated heterocycles. The summed E-state index contributed by atoms with van der Waals surface area (Å²) in [6.45, 7) is 19.4. The molecular formula is C30H38N8O10. The number of hydrogen-bond acceptors (Lipinski definition) is 12. The number of oxazole rings is 2. The van der Waals surface area contributed by atoms with Crippen LogP contribution in [0.2, 0.25) is 0 Å². The van der Waals surface area contributed by atoms with Crippen molar-refractivity contribution in [2.45, 2.75) is 59.7 Å². The smallest absolute Gasteiger partial charge is 0.351 e. The maximum absolute atomic E-state index is 13.1. The van der Waals surface area contributed by atoms with Crippen molar-refractivity contribution in [1.82, 2.24) is 36.6 Å². The number of carboxylic acid groups (broad SMARTS) is 1.